The summed E-state index contributed by atoms with van der Waals surface area (Å²) < 4.78 is 16.9. The largest absolute Gasteiger partial charge is 0.496 e. The minimum atomic E-state index is -1.46. The van der Waals surface area contributed by atoms with Crippen LogP contribution in [0.15, 0.2) is 18.2 Å². The number of fused-ring (bicyclic) bond motifs is 3. The molecule has 0 heterocycles. The van der Waals surface area contributed by atoms with Gasteiger partial charge in [-0.05, 0) is 32.8 Å². The van der Waals surface area contributed by atoms with Gasteiger partial charge in [-0.25, -0.2) is 0 Å². The predicted octanol–water partition coefficient (Wildman–Crippen LogP) is 2.05. The number of carbonyl (C=O) groups excluding carboxylic acids is 1. The number of hydrogen-bond acceptors (Lipinski definition) is 5. The van der Waals surface area contributed by atoms with Gasteiger partial charge in [0.05, 0.1) is 18.8 Å². The van der Waals surface area contributed by atoms with E-state index in [-0.39, 0.29) is 5.78 Å². The Morgan fingerprint density at radius 2 is 2.09 bits per heavy atom. The van der Waals surface area contributed by atoms with Crippen LogP contribution in [0.25, 0.3) is 0 Å². The summed E-state index contributed by atoms with van der Waals surface area (Å²) in [4.78, 5) is 13.1. The van der Waals surface area contributed by atoms with E-state index in [9.17, 15) is 9.90 Å². The second-order valence-electron chi connectivity index (χ2n) is 5.72. The SMILES string of the molecule is CCO[C@H]1CC[C@]2(OCC)C(=O)c3c(OC)cccc3[C@]12O. The van der Waals surface area contributed by atoms with Gasteiger partial charge in [0.2, 0.25) is 5.78 Å². The van der Waals surface area contributed by atoms with Gasteiger partial charge in [-0.3, -0.25) is 4.79 Å². The lowest BCUT2D eigenvalue weighted by atomic mass is 9.84. The van der Waals surface area contributed by atoms with Crippen LogP contribution in [0.5, 0.6) is 5.75 Å². The molecule has 0 saturated heterocycles. The average molecular weight is 306 g/mol. The van der Waals surface area contributed by atoms with Crippen molar-refractivity contribution < 1.29 is 24.1 Å². The summed E-state index contributed by atoms with van der Waals surface area (Å²) in [5.41, 5.74) is -1.75. The van der Waals surface area contributed by atoms with Crippen LogP contribution in [0.1, 0.15) is 42.6 Å². The Morgan fingerprint density at radius 3 is 2.73 bits per heavy atom. The molecule has 3 rings (SSSR count). The van der Waals surface area contributed by atoms with E-state index in [1.54, 1.807) is 18.2 Å². The third-order valence-electron chi connectivity index (χ3n) is 4.85. The molecule has 0 aromatic heterocycles. The molecular formula is C17H22O5. The van der Waals surface area contributed by atoms with E-state index in [2.05, 4.69) is 0 Å². The summed E-state index contributed by atoms with van der Waals surface area (Å²) in [6.45, 7) is 4.54. The molecule has 0 bridgehead atoms. The van der Waals surface area contributed by atoms with Crippen molar-refractivity contribution in [1.82, 2.24) is 0 Å². The Balaban J connectivity index is 2.23. The maximum atomic E-state index is 13.1. The van der Waals surface area contributed by atoms with Crippen LogP contribution in [0.4, 0.5) is 0 Å². The van der Waals surface area contributed by atoms with Crippen LogP contribution in [-0.4, -0.2) is 42.9 Å². The summed E-state index contributed by atoms with van der Waals surface area (Å²) in [7, 11) is 1.52. The molecule has 22 heavy (non-hydrogen) atoms. The third kappa shape index (κ3) is 1.67. The molecule has 3 atom stereocenters. The highest BCUT2D eigenvalue weighted by molar-refractivity contribution is 6.11. The van der Waals surface area contributed by atoms with Gasteiger partial charge in [0.15, 0.2) is 11.2 Å². The first kappa shape index (κ1) is 15.5. The molecular weight excluding hydrogens is 284 g/mol. The molecule has 0 spiro atoms. The highest BCUT2D eigenvalue weighted by atomic mass is 16.5. The van der Waals surface area contributed by atoms with Crippen LogP contribution < -0.4 is 4.74 Å². The fraction of sp³-hybridized carbons (Fsp3) is 0.588. The quantitative estimate of drug-likeness (QED) is 0.902. The number of aliphatic hydroxyl groups is 1. The van der Waals surface area contributed by atoms with Gasteiger partial charge < -0.3 is 19.3 Å². The van der Waals surface area contributed by atoms with Gasteiger partial charge in [-0.15, -0.1) is 0 Å². The number of methoxy groups -OCH3 is 1. The number of ketones is 1. The maximum Gasteiger partial charge on any atom is 0.202 e. The third-order valence-corrected chi connectivity index (χ3v) is 4.85. The van der Waals surface area contributed by atoms with Crippen LogP contribution in [0, 0.1) is 0 Å². The molecule has 0 unspecified atom stereocenters. The normalized spacial score (nSPS) is 32.9. The molecule has 2 aliphatic rings. The molecule has 1 saturated carbocycles. The Bertz CT molecular complexity index is 599. The standard InChI is InChI=1S/C17H22O5/c1-4-21-13-9-10-16(22-5-2)15(18)14-11(17(13,16)19)7-6-8-12(14)20-3/h6-8,13,19H,4-5,9-10H2,1-3H3/t13-,16-,17-/m0/s1. The van der Waals surface area contributed by atoms with Crippen LogP contribution in [0.2, 0.25) is 0 Å². The molecule has 1 N–H and O–H groups in total. The summed E-state index contributed by atoms with van der Waals surface area (Å²) >= 11 is 0. The molecule has 1 aromatic carbocycles. The predicted molar refractivity (Wildman–Crippen MR) is 80.2 cm³/mol. The highest BCUT2D eigenvalue weighted by Crippen LogP contribution is 2.58. The van der Waals surface area contributed by atoms with Crippen molar-refractivity contribution in [2.24, 2.45) is 0 Å². The van der Waals surface area contributed by atoms with Crippen molar-refractivity contribution in [3.8, 4) is 5.75 Å². The minimum Gasteiger partial charge on any atom is -0.496 e. The fourth-order valence-corrected chi connectivity index (χ4v) is 4.03. The molecule has 5 nitrogen and oxygen atoms in total. The van der Waals surface area contributed by atoms with Gasteiger partial charge in [0.25, 0.3) is 0 Å². The molecule has 1 fully saturated rings. The number of rotatable bonds is 5. The smallest absolute Gasteiger partial charge is 0.202 e. The van der Waals surface area contributed by atoms with E-state index < -0.39 is 17.3 Å². The van der Waals surface area contributed by atoms with E-state index in [0.717, 1.165) is 0 Å². The van der Waals surface area contributed by atoms with Crippen molar-refractivity contribution in [3.05, 3.63) is 29.3 Å². The van der Waals surface area contributed by atoms with Gasteiger partial charge in [-0.1, -0.05) is 12.1 Å². The molecule has 5 heteroatoms. The molecule has 0 radical (unpaired) electrons. The fourth-order valence-electron chi connectivity index (χ4n) is 4.03. The monoisotopic (exact) mass is 306 g/mol. The Hall–Kier alpha value is -1.43. The van der Waals surface area contributed by atoms with Gasteiger partial charge in [0, 0.05) is 18.8 Å². The first-order valence-corrected chi connectivity index (χ1v) is 7.77. The summed E-state index contributed by atoms with van der Waals surface area (Å²) in [5, 5.41) is 11.5. The number of benzene rings is 1. The summed E-state index contributed by atoms with van der Waals surface area (Å²) in [6.07, 6.45) is 0.576. The topological polar surface area (TPSA) is 65.0 Å². The first-order valence-electron chi connectivity index (χ1n) is 7.77. The Morgan fingerprint density at radius 1 is 1.32 bits per heavy atom. The van der Waals surface area contributed by atoms with Crippen molar-refractivity contribution in [3.63, 3.8) is 0 Å². The number of hydrogen-bond donors (Lipinski definition) is 1. The molecule has 0 aliphatic heterocycles. The first-order chi connectivity index (χ1) is 10.6. The second-order valence-corrected chi connectivity index (χ2v) is 5.72. The lowest BCUT2D eigenvalue weighted by molar-refractivity contribution is -0.180. The zero-order valence-electron chi connectivity index (χ0n) is 13.2. The van der Waals surface area contributed by atoms with E-state index in [0.29, 0.717) is 42.9 Å². The second kappa shape index (κ2) is 5.33. The van der Waals surface area contributed by atoms with Crippen molar-refractivity contribution in [2.75, 3.05) is 20.3 Å². The van der Waals surface area contributed by atoms with Crippen molar-refractivity contribution >= 4 is 5.78 Å². The maximum absolute atomic E-state index is 13.1. The van der Waals surface area contributed by atoms with Crippen LogP contribution in [-0.2, 0) is 15.1 Å². The lowest BCUT2D eigenvalue weighted by Gasteiger charge is -2.38. The van der Waals surface area contributed by atoms with Gasteiger partial charge >= 0.3 is 0 Å². The molecule has 1 aromatic rings. The number of carbonyl (C=O) groups is 1. The van der Waals surface area contributed by atoms with E-state index >= 15 is 0 Å². The zero-order valence-corrected chi connectivity index (χ0v) is 13.2. The number of ether oxygens (including phenoxy) is 3. The van der Waals surface area contributed by atoms with E-state index in [4.69, 9.17) is 14.2 Å². The Labute approximate surface area is 130 Å². The molecule has 120 valence electrons. The minimum absolute atomic E-state index is 0.202. The highest BCUT2D eigenvalue weighted by Gasteiger charge is 2.71. The van der Waals surface area contributed by atoms with E-state index in [1.807, 2.05) is 13.8 Å². The summed E-state index contributed by atoms with van der Waals surface area (Å²) in [6, 6.07) is 5.29. The molecule has 0 amide bonds. The lowest BCUT2D eigenvalue weighted by Crippen LogP contribution is -2.55. The van der Waals surface area contributed by atoms with Gasteiger partial charge in [-0.2, -0.15) is 0 Å². The van der Waals surface area contributed by atoms with Crippen molar-refractivity contribution in [2.45, 2.75) is 44.0 Å². The van der Waals surface area contributed by atoms with Crippen molar-refractivity contribution in [1.29, 1.82) is 0 Å². The number of Topliss-reactive ketones (excluding diaryl/α,β-unsaturated/α-hetero) is 1. The average Bonchev–Trinajstić information content (AvgIpc) is 2.90. The van der Waals surface area contributed by atoms with Crippen LogP contribution >= 0.6 is 0 Å². The van der Waals surface area contributed by atoms with Crippen LogP contribution in [0.3, 0.4) is 0 Å². The van der Waals surface area contributed by atoms with E-state index in [1.165, 1.54) is 7.11 Å². The zero-order chi connectivity index (χ0) is 16.0. The van der Waals surface area contributed by atoms with Gasteiger partial charge in [0.1, 0.15) is 5.75 Å². The molecule has 2 aliphatic carbocycles. The Kier molecular flexibility index (Phi) is 3.75. The summed E-state index contributed by atoms with van der Waals surface area (Å²) in [5.74, 6) is 0.270.